The zero-order valence-electron chi connectivity index (χ0n) is 13.9. The van der Waals surface area contributed by atoms with Crippen molar-refractivity contribution >= 4 is 5.91 Å². The average molecular weight is 339 g/mol. The molecule has 130 valence electrons. The van der Waals surface area contributed by atoms with Crippen molar-refractivity contribution < 1.29 is 19.4 Å². The Labute approximate surface area is 146 Å². The van der Waals surface area contributed by atoms with Crippen molar-refractivity contribution in [1.82, 2.24) is 5.32 Å². The number of ether oxygens (including phenoxy) is 2. The number of carbonyl (C=O) groups excluding carboxylic acids is 1. The van der Waals surface area contributed by atoms with Crippen LogP contribution in [0.5, 0.6) is 11.5 Å². The third-order valence-electron chi connectivity index (χ3n) is 4.86. The number of amides is 1. The molecule has 2 aromatic carbocycles. The highest BCUT2D eigenvalue weighted by Gasteiger charge is 2.45. The maximum Gasteiger partial charge on any atom is 0.264 e. The van der Waals surface area contributed by atoms with Gasteiger partial charge in [-0.25, -0.2) is 0 Å². The fourth-order valence-electron chi connectivity index (χ4n) is 3.25. The zero-order chi connectivity index (χ0) is 17.3. The van der Waals surface area contributed by atoms with Crippen LogP contribution < -0.4 is 14.8 Å². The van der Waals surface area contributed by atoms with E-state index in [0.717, 1.165) is 18.4 Å². The van der Waals surface area contributed by atoms with Gasteiger partial charge in [0.15, 0.2) is 11.5 Å². The number of rotatable bonds is 5. The van der Waals surface area contributed by atoms with E-state index in [-0.39, 0.29) is 25.0 Å². The van der Waals surface area contributed by atoms with Crippen LogP contribution in [0, 0.1) is 5.92 Å². The van der Waals surface area contributed by atoms with Crippen molar-refractivity contribution in [2.75, 3.05) is 13.2 Å². The van der Waals surface area contributed by atoms with Gasteiger partial charge in [0.25, 0.3) is 5.91 Å². The summed E-state index contributed by atoms with van der Waals surface area (Å²) >= 11 is 0. The first-order valence-electron chi connectivity index (χ1n) is 8.61. The van der Waals surface area contributed by atoms with Gasteiger partial charge < -0.3 is 19.9 Å². The third kappa shape index (κ3) is 3.20. The predicted molar refractivity (Wildman–Crippen MR) is 92.4 cm³/mol. The highest BCUT2D eigenvalue weighted by Crippen LogP contribution is 2.45. The highest BCUT2D eigenvalue weighted by molar-refractivity contribution is 5.81. The second-order valence-corrected chi connectivity index (χ2v) is 6.65. The standard InChI is InChI=1S/C20H21NO4/c22-19(18-12-24-16-8-4-5-9-17(16)25-18)21-13-20(23,15-10-11-15)14-6-2-1-3-7-14/h1-9,15,18,23H,10-13H2,(H,21,22)/t18-,20+/m0/s1. The van der Waals surface area contributed by atoms with Crippen LogP contribution in [0.25, 0.3) is 0 Å². The maximum absolute atomic E-state index is 12.5. The molecule has 5 heteroatoms. The van der Waals surface area contributed by atoms with E-state index in [4.69, 9.17) is 9.47 Å². The lowest BCUT2D eigenvalue weighted by Crippen LogP contribution is -2.49. The lowest BCUT2D eigenvalue weighted by molar-refractivity contribution is -0.132. The molecule has 2 aliphatic rings. The quantitative estimate of drug-likeness (QED) is 0.877. The topological polar surface area (TPSA) is 67.8 Å². The summed E-state index contributed by atoms with van der Waals surface area (Å²) in [5, 5.41) is 14.0. The van der Waals surface area contributed by atoms with Gasteiger partial charge >= 0.3 is 0 Å². The summed E-state index contributed by atoms with van der Waals surface area (Å²) < 4.78 is 11.3. The molecule has 1 aliphatic heterocycles. The smallest absolute Gasteiger partial charge is 0.264 e. The molecule has 2 N–H and O–H groups in total. The van der Waals surface area contributed by atoms with E-state index < -0.39 is 11.7 Å². The molecule has 1 aliphatic carbocycles. The Balaban J connectivity index is 1.43. The number of hydrogen-bond donors (Lipinski definition) is 2. The van der Waals surface area contributed by atoms with Crippen LogP contribution in [0.15, 0.2) is 54.6 Å². The van der Waals surface area contributed by atoms with E-state index in [1.165, 1.54) is 0 Å². The van der Waals surface area contributed by atoms with Gasteiger partial charge in [-0.05, 0) is 36.5 Å². The molecule has 0 aromatic heterocycles. The van der Waals surface area contributed by atoms with Crippen LogP contribution in [0.2, 0.25) is 0 Å². The molecule has 1 fully saturated rings. The van der Waals surface area contributed by atoms with E-state index in [1.54, 1.807) is 6.07 Å². The highest BCUT2D eigenvalue weighted by atomic mass is 16.6. The van der Waals surface area contributed by atoms with Crippen molar-refractivity contribution in [3.63, 3.8) is 0 Å². The van der Waals surface area contributed by atoms with Gasteiger partial charge in [-0.1, -0.05) is 42.5 Å². The molecule has 4 rings (SSSR count). The Kier molecular flexibility index (Phi) is 4.09. The largest absolute Gasteiger partial charge is 0.485 e. The van der Waals surface area contributed by atoms with E-state index >= 15 is 0 Å². The van der Waals surface area contributed by atoms with E-state index in [0.29, 0.717) is 11.5 Å². The molecule has 5 nitrogen and oxygen atoms in total. The molecule has 25 heavy (non-hydrogen) atoms. The SMILES string of the molecule is O=C(NC[C@@](O)(c1ccccc1)C1CC1)[C@@H]1COc2ccccc2O1. The van der Waals surface area contributed by atoms with Gasteiger partial charge in [0.1, 0.15) is 12.2 Å². The number of carbonyl (C=O) groups is 1. The fourth-order valence-corrected chi connectivity index (χ4v) is 3.25. The van der Waals surface area contributed by atoms with Gasteiger partial charge in [-0.3, -0.25) is 4.79 Å². The number of hydrogen-bond acceptors (Lipinski definition) is 4. The van der Waals surface area contributed by atoms with Crippen molar-refractivity contribution in [3.8, 4) is 11.5 Å². The van der Waals surface area contributed by atoms with Crippen LogP contribution in [0.3, 0.4) is 0 Å². The minimum absolute atomic E-state index is 0.163. The van der Waals surface area contributed by atoms with Crippen molar-refractivity contribution in [2.45, 2.75) is 24.5 Å². The molecule has 0 bridgehead atoms. The van der Waals surface area contributed by atoms with Crippen LogP contribution in [0.1, 0.15) is 18.4 Å². The summed E-state index contributed by atoms with van der Waals surface area (Å²) in [5.41, 5.74) is -0.200. The molecule has 1 amide bonds. The molecule has 0 spiro atoms. The predicted octanol–water partition coefficient (Wildman–Crippen LogP) is 2.24. The van der Waals surface area contributed by atoms with Crippen molar-refractivity contribution in [1.29, 1.82) is 0 Å². The molecule has 0 saturated heterocycles. The number of para-hydroxylation sites is 2. The Morgan fingerprint density at radius 2 is 1.76 bits per heavy atom. The summed E-state index contributed by atoms with van der Waals surface area (Å²) in [6.45, 7) is 0.331. The number of aliphatic hydroxyl groups is 1. The average Bonchev–Trinajstić information content (AvgIpc) is 3.52. The molecule has 0 radical (unpaired) electrons. The summed E-state index contributed by atoms with van der Waals surface area (Å²) in [6, 6.07) is 16.8. The first-order chi connectivity index (χ1) is 12.2. The van der Waals surface area contributed by atoms with Crippen LogP contribution in [-0.4, -0.2) is 30.3 Å². The monoisotopic (exact) mass is 339 g/mol. The Bertz CT molecular complexity index is 759. The summed E-state index contributed by atoms with van der Waals surface area (Å²) in [7, 11) is 0. The van der Waals surface area contributed by atoms with E-state index in [9.17, 15) is 9.90 Å². The number of nitrogens with one attached hydrogen (secondary N) is 1. The third-order valence-corrected chi connectivity index (χ3v) is 4.86. The molecule has 2 atom stereocenters. The van der Waals surface area contributed by atoms with Gasteiger partial charge in [-0.15, -0.1) is 0 Å². The fraction of sp³-hybridized carbons (Fsp3) is 0.350. The second-order valence-electron chi connectivity index (χ2n) is 6.65. The second kappa shape index (κ2) is 6.41. The van der Waals surface area contributed by atoms with E-state index in [2.05, 4.69) is 5.32 Å². The van der Waals surface area contributed by atoms with Gasteiger partial charge in [0.05, 0.1) is 6.54 Å². The van der Waals surface area contributed by atoms with Crippen molar-refractivity contribution in [2.24, 2.45) is 5.92 Å². The number of benzene rings is 2. The number of fused-ring (bicyclic) bond motifs is 1. The first-order valence-corrected chi connectivity index (χ1v) is 8.61. The van der Waals surface area contributed by atoms with Crippen LogP contribution in [-0.2, 0) is 10.4 Å². The molecule has 1 heterocycles. The summed E-state index contributed by atoms with van der Waals surface area (Å²) in [5.74, 6) is 1.11. The minimum atomic E-state index is -1.04. The lowest BCUT2D eigenvalue weighted by atomic mass is 9.88. The summed E-state index contributed by atoms with van der Waals surface area (Å²) in [4.78, 5) is 12.5. The normalized spacial score (nSPS) is 21.2. The van der Waals surface area contributed by atoms with Gasteiger partial charge in [-0.2, -0.15) is 0 Å². The Hall–Kier alpha value is -2.53. The zero-order valence-corrected chi connectivity index (χ0v) is 13.9. The lowest BCUT2D eigenvalue weighted by Gasteiger charge is -2.31. The molecule has 1 saturated carbocycles. The Morgan fingerprint density at radius 1 is 1.08 bits per heavy atom. The molecule has 2 aromatic rings. The molecular formula is C20H21NO4. The Morgan fingerprint density at radius 3 is 2.48 bits per heavy atom. The van der Waals surface area contributed by atoms with Gasteiger partial charge in [0, 0.05) is 0 Å². The molecule has 0 unspecified atom stereocenters. The van der Waals surface area contributed by atoms with E-state index in [1.807, 2.05) is 48.5 Å². The minimum Gasteiger partial charge on any atom is -0.485 e. The first kappa shape index (κ1) is 16.0. The van der Waals surface area contributed by atoms with Crippen LogP contribution >= 0.6 is 0 Å². The molecular weight excluding hydrogens is 318 g/mol. The van der Waals surface area contributed by atoms with Gasteiger partial charge in [0.2, 0.25) is 6.10 Å². The summed E-state index contributed by atoms with van der Waals surface area (Å²) in [6.07, 6.45) is 1.23. The van der Waals surface area contributed by atoms with Crippen molar-refractivity contribution in [3.05, 3.63) is 60.2 Å². The van der Waals surface area contributed by atoms with Crippen LogP contribution in [0.4, 0.5) is 0 Å². The maximum atomic E-state index is 12.5.